The Labute approximate surface area is 121 Å². The summed E-state index contributed by atoms with van der Waals surface area (Å²) in [5.74, 6) is 1.01. The van der Waals surface area contributed by atoms with Crippen LogP contribution in [0.25, 0.3) is 10.8 Å². The van der Waals surface area contributed by atoms with Crippen LogP contribution in [-0.2, 0) is 0 Å². The fraction of sp³-hybridized carbons (Fsp3) is 0. The van der Waals surface area contributed by atoms with E-state index < -0.39 is 0 Å². The molecule has 0 spiro atoms. The zero-order chi connectivity index (χ0) is 13.9. The topological polar surface area (TPSA) is 61.0 Å². The average Bonchev–Trinajstić information content (AvgIpc) is 2.48. The van der Waals surface area contributed by atoms with Gasteiger partial charge in [0.05, 0.1) is 0 Å². The van der Waals surface area contributed by atoms with Crippen LogP contribution in [0.4, 0.5) is 0 Å². The minimum atomic E-state index is 0.160. The first-order valence-electron chi connectivity index (χ1n) is 6.02. The van der Waals surface area contributed by atoms with Crippen LogP contribution < -0.4 is 10.5 Å². The highest BCUT2D eigenvalue weighted by Gasteiger charge is 2.11. The molecule has 0 bridgehead atoms. The monoisotopic (exact) mass is 281 g/mol. The zero-order valence-electron chi connectivity index (χ0n) is 10.5. The number of hydrogen-bond donors (Lipinski definition) is 1. The Balaban J connectivity index is 2.08. The van der Waals surface area contributed by atoms with Crippen molar-refractivity contribution < 1.29 is 4.74 Å². The molecule has 1 aromatic heterocycles. The first kappa shape index (κ1) is 12.5. The SMILES string of the molecule is NC(=S)c1nccnc1Oc1cccc2ccccc12. The minimum absolute atomic E-state index is 0.160. The maximum absolute atomic E-state index is 5.84. The molecular formula is C15H11N3OS. The molecule has 0 amide bonds. The van der Waals surface area contributed by atoms with Crippen molar-refractivity contribution in [1.82, 2.24) is 9.97 Å². The molecule has 0 aliphatic heterocycles. The number of nitrogens with zero attached hydrogens (tertiary/aromatic N) is 2. The summed E-state index contributed by atoms with van der Waals surface area (Å²) in [5.41, 5.74) is 6.01. The molecule has 5 heteroatoms. The van der Waals surface area contributed by atoms with E-state index in [4.69, 9.17) is 22.7 Å². The summed E-state index contributed by atoms with van der Waals surface area (Å²) in [6.07, 6.45) is 3.08. The van der Waals surface area contributed by atoms with Gasteiger partial charge in [-0.15, -0.1) is 0 Å². The van der Waals surface area contributed by atoms with E-state index in [0.29, 0.717) is 17.3 Å². The Morgan fingerprint density at radius 3 is 2.60 bits per heavy atom. The van der Waals surface area contributed by atoms with Crippen LogP contribution in [0, 0.1) is 0 Å². The smallest absolute Gasteiger partial charge is 0.248 e. The Morgan fingerprint density at radius 2 is 1.75 bits per heavy atom. The standard InChI is InChI=1S/C15H11N3OS/c16-14(20)13-15(18-9-8-17-13)19-12-7-3-5-10-4-1-2-6-11(10)12/h1-9H,(H2,16,20). The third-order valence-corrected chi connectivity index (χ3v) is 3.05. The van der Waals surface area contributed by atoms with Crippen LogP contribution in [0.1, 0.15) is 5.69 Å². The zero-order valence-corrected chi connectivity index (χ0v) is 11.3. The fourth-order valence-electron chi connectivity index (χ4n) is 1.96. The summed E-state index contributed by atoms with van der Waals surface area (Å²) < 4.78 is 5.84. The van der Waals surface area contributed by atoms with E-state index in [-0.39, 0.29) is 4.99 Å². The molecule has 0 saturated carbocycles. The van der Waals surface area contributed by atoms with Gasteiger partial charge in [-0.25, -0.2) is 9.97 Å². The molecule has 2 aromatic carbocycles. The summed E-state index contributed by atoms with van der Waals surface area (Å²) in [4.78, 5) is 8.41. The maximum Gasteiger partial charge on any atom is 0.248 e. The second-order valence-electron chi connectivity index (χ2n) is 4.15. The van der Waals surface area contributed by atoms with Gasteiger partial charge in [-0.1, -0.05) is 48.6 Å². The lowest BCUT2D eigenvalue weighted by atomic mass is 10.1. The van der Waals surface area contributed by atoms with Gasteiger partial charge in [-0.2, -0.15) is 0 Å². The molecule has 4 nitrogen and oxygen atoms in total. The fourth-order valence-corrected chi connectivity index (χ4v) is 2.10. The van der Waals surface area contributed by atoms with Crippen LogP contribution in [0.3, 0.4) is 0 Å². The van der Waals surface area contributed by atoms with Crippen molar-refractivity contribution in [2.45, 2.75) is 0 Å². The van der Waals surface area contributed by atoms with Gasteiger partial charge in [0, 0.05) is 17.8 Å². The predicted octanol–water partition coefficient (Wildman–Crippen LogP) is 3.06. The number of benzene rings is 2. The van der Waals surface area contributed by atoms with Crippen LogP contribution in [-0.4, -0.2) is 15.0 Å². The lowest BCUT2D eigenvalue weighted by molar-refractivity contribution is 0.464. The van der Waals surface area contributed by atoms with Crippen LogP contribution in [0.2, 0.25) is 0 Å². The lowest BCUT2D eigenvalue weighted by Crippen LogP contribution is -2.13. The lowest BCUT2D eigenvalue weighted by Gasteiger charge is -2.10. The number of aromatic nitrogens is 2. The Hall–Kier alpha value is -2.53. The molecule has 0 fully saturated rings. The maximum atomic E-state index is 5.84. The number of thiocarbonyl (C=S) groups is 1. The first-order chi connectivity index (χ1) is 9.75. The highest BCUT2D eigenvalue weighted by molar-refractivity contribution is 7.80. The van der Waals surface area contributed by atoms with Gasteiger partial charge in [-0.05, 0) is 11.5 Å². The first-order valence-corrected chi connectivity index (χ1v) is 6.43. The van der Waals surface area contributed by atoms with Gasteiger partial charge in [0.1, 0.15) is 10.7 Å². The van der Waals surface area contributed by atoms with E-state index in [9.17, 15) is 0 Å². The van der Waals surface area contributed by atoms with Gasteiger partial charge in [0.25, 0.3) is 0 Å². The van der Waals surface area contributed by atoms with E-state index in [1.165, 1.54) is 6.20 Å². The molecule has 0 aliphatic rings. The molecule has 3 rings (SSSR count). The average molecular weight is 281 g/mol. The predicted molar refractivity (Wildman–Crippen MR) is 81.9 cm³/mol. The highest BCUT2D eigenvalue weighted by Crippen LogP contribution is 2.29. The molecule has 0 atom stereocenters. The van der Waals surface area contributed by atoms with Gasteiger partial charge in [0.2, 0.25) is 5.88 Å². The molecule has 98 valence electrons. The van der Waals surface area contributed by atoms with Gasteiger partial charge < -0.3 is 10.5 Å². The summed E-state index contributed by atoms with van der Waals surface area (Å²) >= 11 is 4.96. The normalized spacial score (nSPS) is 10.4. The highest BCUT2D eigenvalue weighted by atomic mass is 32.1. The van der Waals surface area contributed by atoms with Gasteiger partial charge in [0.15, 0.2) is 5.69 Å². The Bertz CT molecular complexity index is 783. The van der Waals surface area contributed by atoms with Crippen LogP contribution >= 0.6 is 12.2 Å². The number of fused-ring (bicyclic) bond motifs is 1. The molecule has 0 radical (unpaired) electrons. The van der Waals surface area contributed by atoms with E-state index in [1.54, 1.807) is 6.20 Å². The number of ether oxygens (including phenoxy) is 1. The third-order valence-electron chi connectivity index (χ3n) is 2.85. The van der Waals surface area contributed by atoms with Gasteiger partial charge in [-0.3, -0.25) is 0 Å². The summed E-state index contributed by atoms with van der Waals surface area (Å²) in [5, 5.41) is 2.08. The summed E-state index contributed by atoms with van der Waals surface area (Å²) in [6, 6.07) is 13.8. The quantitative estimate of drug-likeness (QED) is 0.748. The van der Waals surface area contributed by atoms with E-state index in [0.717, 1.165) is 10.8 Å². The Morgan fingerprint density at radius 1 is 1.00 bits per heavy atom. The molecule has 20 heavy (non-hydrogen) atoms. The molecular weight excluding hydrogens is 270 g/mol. The van der Waals surface area contributed by atoms with Crippen molar-refractivity contribution in [2.75, 3.05) is 0 Å². The van der Waals surface area contributed by atoms with Gasteiger partial charge >= 0.3 is 0 Å². The molecule has 0 saturated heterocycles. The molecule has 0 aliphatic carbocycles. The number of rotatable bonds is 3. The molecule has 1 heterocycles. The summed E-state index contributed by atoms with van der Waals surface area (Å²) in [7, 11) is 0. The number of hydrogen-bond acceptors (Lipinski definition) is 4. The van der Waals surface area contributed by atoms with E-state index in [2.05, 4.69) is 9.97 Å². The van der Waals surface area contributed by atoms with Crippen molar-refractivity contribution in [3.05, 3.63) is 60.6 Å². The van der Waals surface area contributed by atoms with Crippen molar-refractivity contribution in [1.29, 1.82) is 0 Å². The van der Waals surface area contributed by atoms with Crippen molar-refractivity contribution >= 4 is 28.0 Å². The molecule has 0 unspecified atom stereocenters. The van der Waals surface area contributed by atoms with Crippen molar-refractivity contribution in [3.63, 3.8) is 0 Å². The summed E-state index contributed by atoms with van der Waals surface area (Å²) in [6.45, 7) is 0. The third kappa shape index (κ3) is 2.31. The Kier molecular flexibility index (Phi) is 3.26. The second kappa shape index (κ2) is 5.22. The van der Waals surface area contributed by atoms with E-state index >= 15 is 0 Å². The van der Waals surface area contributed by atoms with Crippen LogP contribution in [0.15, 0.2) is 54.9 Å². The van der Waals surface area contributed by atoms with E-state index in [1.807, 2.05) is 42.5 Å². The second-order valence-corrected chi connectivity index (χ2v) is 4.59. The minimum Gasteiger partial charge on any atom is -0.436 e. The number of nitrogens with two attached hydrogens (primary N) is 1. The van der Waals surface area contributed by atoms with Crippen molar-refractivity contribution in [3.8, 4) is 11.6 Å². The molecule has 2 N–H and O–H groups in total. The molecule has 3 aromatic rings. The largest absolute Gasteiger partial charge is 0.436 e. The van der Waals surface area contributed by atoms with Crippen LogP contribution in [0.5, 0.6) is 11.6 Å². The van der Waals surface area contributed by atoms with Crippen molar-refractivity contribution in [2.24, 2.45) is 5.73 Å².